The summed E-state index contributed by atoms with van der Waals surface area (Å²) >= 11 is 6.10. The van der Waals surface area contributed by atoms with Gasteiger partial charge in [-0.05, 0) is 56.5 Å². The molecule has 0 spiro atoms. The van der Waals surface area contributed by atoms with E-state index in [1.807, 2.05) is 19.9 Å². The molecule has 2 rings (SSSR count). The third kappa shape index (κ3) is 7.82. The second kappa shape index (κ2) is 12.9. The fourth-order valence-corrected chi connectivity index (χ4v) is 4.81. The smallest absolute Gasteiger partial charge is 0.242 e. The van der Waals surface area contributed by atoms with Gasteiger partial charge in [0.2, 0.25) is 21.8 Å². The summed E-state index contributed by atoms with van der Waals surface area (Å²) in [6.07, 6.45) is 1.21. The Labute approximate surface area is 208 Å². The molecule has 1 N–H and O–H groups in total. The number of amides is 2. The van der Waals surface area contributed by atoms with Gasteiger partial charge in [-0.15, -0.1) is 0 Å². The molecule has 7 nitrogen and oxygen atoms in total. The fraction of sp³-hybridized carbons (Fsp3) is 0.440. The van der Waals surface area contributed by atoms with Gasteiger partial charge in [-0.25, -0.2) is 12.7 Å². The van der Waals surface area contributed by atoms with Crippen molar-refractivity contribution in [1.82, 2.24) is 14.5 Å². The molecule has 186 valence electrons. The van der Waals surface area contributed by atoms with Crippen LogP contribution in [0.25, 0.3) is 0 Å². The van der Waals surface area contributed by atoms with Crippen molar-refractivity contribution in [3.63, 3.8) is 0 Å². The first-order valence-electron chi connectivity index (χ1n) is 11.4. The van der Waals surface area contributed by atoms with Gasteiger partial charge >= 0.3 is 0 Å². The Hall–Kier alpha value is -2.42. The van der Waals surface area contributed by atoms with E-state index in [9.17, 15) is 18.0 Å². The van der Waals surface area contributed by atoms with E-state index in [1.165, 1.54) is 16.3 Å². The molecule has 0 aliphatic heterocycles. The van der Waals surface area contributed by atoms with Gasteiger partial charge in [-0.3, -0.25) is 9.59 Å². The molecule has 0 unspecified atom stereocenters. The number of nitrogens with zero attached hydrogens (tertiary/aromatic N) is 2. The average Bonchev–Trinajstić information content (AvgIpc) is 2.82. The third-order valence-electron chi connectivity index (χ3n) is 5.73. The number of benzene rings is 2. The van der Waals surface area contributed by atoms with E-state index >= 15 is 0 Å². The summed E-state index contributed by atoms with van der Waals surface area (Å²) < 4.78 is 26.7. The van der Waals surface area contributed by atoms with Crippen LogP contribution in [0.1, 0.15) is 45.6 Å². The van der Waals surface area contributed by atoms with Crippen molar-refractivity contribution < 1.29 is 18.0 Å². The minimum Gasteiger partial charge on any atom is -0.352 e. The van der Waals surface area contributed by atoms with Gasteiger partial charge in [0.05, 0.1) is 4.90 Å². The number of hydrogen-bond acceptors (Lipinski definition) is 4. The van der Waals surface area contributed by atoms with Gasteiger partial charge in [0.1, 0.15) is 6.04 Å². The van der Waals surface area contributed by atoms with Crippen LogP contribution in [0.2, 0.25) is 5.02 Å². The molecule has 0 aromatic heterocycles. The molecule has 0 aliphatic carbocycles. The summed E-state index contributed by atoms with van der Waals surface area (Å²) in [5.74, 6) is -0.453. The molecule has 0 saturated heterocycles. The van der Waals surface area contributed by atoms with Crippen LogP contribution in [0, 0.1) is 0 Å². The largest absolute Gasteiger partial charge is 0.352 e. The molecule has 0 aliphatic rings. The van der Waals surface area contributed by atoms with Gasteiger partial charge in [0.25, 0.3) is 0 Å². The van der Waals surface area contributed by atoms with Gasteiger partial charge < -0.3 is 10.2 Å². The second-order valence-electron chi connectivity index (χ2n) is 8.39. The van der Waals surface area contributed by atoms with Crippen LogP contribution in [0.3, 0.4) is 0 Å². The number of sulfonamides is 1. The topological polar surface area (TPSA) is 86.8 Å². The van der Waals surface area contributed by atoms with E-state index in [1.54, 1.807) is 55.5 Å². The maximum atomic E-state index is 13.2. The Bertz CT molecular complexity index is 1060. The van der Waals surface area contributed by atoms with Crippen molar-refractivity contribution >= 4 is 33.4 Å². The Balaban J connectivity index is 2.09. The molecule has 2 amide bonds. The van der Waals surface area contributed by atoms with E-state index in [0.29, 0.717) is 11.4 Å². The van der Waals surface area contributed by atoms with Crippen LogP contribution < -0.4 is 5.32 Å². The highest BCUT2D eigenvalue weighted by atomic mass is 35.5. The number of halogens is 1. The highest BCUT2D eigenvalue weighted by molar-refractivity contribution is 7.89. The lowest BCUT2D eigenvalue weighted by atomic mass is 10.1. The highest BCUT2D eigenvalue weighted by Gasteiger charge is 2.27. The lowest BCUT2D eigenvalue weighted by Crippen LogP contribution is -2.49. The van der Waals surface area contributed by atoms with Crippen LogP contribution in [0.4, 0.5) is 0 Å². The molecule has 0 bridgehead atoms. The Morgan fingerprint density at radius 1 is 1.06 bits per heavy atom. The van der Waals surface area contributed by atoms with Crippen LogP contribution in [-0.2, 0) is 26.2 Å². The molecular formula is C25H34ClN3O4S. The van der Waals surface area contributed by atoms with Gasteiger partial charge in [-0.1, -0.05) is 48.9 Å². The molecule has 2 atom stereocenters. The lowest BCUT2D eigenvalue weighted by molar-refractivity contribution is -0.141. The highest BCUT2D eigenvalue weighted by Crippen LogP contribution is 2.17. The molecule has 0 radical (unpaired) electrons. The molecular weight excluding hydrogens is 474 g/mol. The lowest BCUT2D eigenvalue weighted by Gasteiger charge is -2.30. The van der Waals surface area contributed by atoms with E-state index in [0.717, 1.165) is 12.0 Å². The van der Waals surface area contributed by atoms with Crippen molar-refractivity contribution in [2.75, 3.05) is 13.6 Å². The first-order chi connectivity index (χ1) is 16.1. The Kier molecular flexibility index (Phi) is 10.5. The van der Waals surface area contributed by atoms with E-state index in [4.69, 9.17) is 11.6 Å². The number of hydrogen-bond donors (Lipinski definition) is 1. The van der Waals surface area contributed by atoms with Crippen LogP contribution in [-0.4, -0.2) is 55.1 Å². The maximum absolute atomic E-state index is 13.2. The average molecular weight is 508 g/mol. The van der Waals surface area contributed by atoms with E-state index < -0.39 is 16.1 Å². The predicted molar refractivity (Wildman–Crippen MR) is 135 cm³/mol. The molecule has 0 heterocycles. The summed E-state index contributed by atoms with van der Waals surface area (Å²) in [5.41, 5.74) is 0.813. The van der Waals surface area contributed by atoms with Gasteiger partial charge in [-0.2, -0.15) is 0 Å². The standard InChI is InChI=1S/C25H34ClN3O4S/c1-5-19(2)27-25(31)20(3)29(18-21-11-9-12-22(26)17-21)24(30)15-10-16-28(4)34(32,33)23-13-7-6-8-14-23/h6-9,11-14,17,19-20H,5,10,15-16,18H2,1-4H3,(H,27,31)/t19-,20-/m0/s1. The predicted octanol–water partition coefficient (Wildman–Crippen LogP) is 4.07. The number of carbonyl (C=O) groups excluding carboxylic acids is 2. The van der Waals surface area contributed by atoms with Crippen molar-refractivity contribution in [2.24, 2.45) is 0 Å². The van der Waals surface area contributed by atoms with Crippen LogP contribution in [0.15, 0.2) is 59.5 Å². The Morgan fingerprint density at radius 2 is 1.74 bits per heavy atom. The summed E-state index contributed by atoms with van der Waals surface area (Å²) in [6.45, 7) is 6.00. The summed E-state index contributed by atoms with van der Waals surface area (Å²) in [6, 6.07) is 14.7. The van der Waals surface area contributed by atoms with Crippen molar-refractivity contribution in [1.29, 1.82) is 0 Å². The Morgan fingerprint density at radius 3 is 2.35 bits per heavy atom. The minimum absolute atomic E-state index is 0.00471. The zero-order valence-electron chi connectivity index (χ0n) is 20.2. The number of nitrogens with one attached hydrogen (secondary N) is 1. The minimum atomic E-state index is -3.63. The monoisotopic (exact) mass is 507 g/mol. The molecule has 0 fully saturated rings. The van der Waals surface area contributed by atoms with E-state index in [-0.39, 0.29) is 42.3 Å². The molecule has 0 saturated carbocycles. The molecule has 2 aromatic rings. The zero-order valence-corrected chi connectivity index (χ0v) is 21.8. The normalized spacial score (nSPS) is 13.4. The summed E-state index contributed by atoms with van der Waals surface area (Å²) in [4.78, 5) is 27.7. The van der Waals surface area contributed by atoms with E-state index in [2.05, 4.69) is 5.32 Å². The van der Waals surface area contributed by atoms with Crippen molar-refractivity contribution in [3.8, 4) is 0 Å². The number of carbonyl (C=O) groups is 2. The third-order valence-corrected chi connectivity index (χ3v) is 7.83. The molecule has 9 heteroatoms. The summed E-state index contributed by atoms with van der Waals surface area (Å²) in [7, 11) is -2.13. The quantitative estimate of drug-likeness (QED) is 0.469. The zero-order chi connectivity index (χ0) is 25.3. The maximum Gasteiger partial charge on any atom is 0.242 e. The SMILES string of the molecule is CC[C@H](C)NC(=O)[C@H](C)N(Cc1cccc(Cl)c1)C(=O)CCCN(C)S(=O)(=O)c1ccccc1. The van der Waals surface area contributed by atoms with Crippen LogP contribution >= 0.6 is 11.6 Å². The van der Waals surface area contributed by atoms with Crippen molar-refractivity contribution in [2.45, 2.75) is 63.6 Å². The van der Waals surface area contributed by atoms with Crippen LogP contribution in [0.5, 0.6) is 0 Å². The first kappa shape index (κ1) is 27.8. The summed E-state index contributed by atoms with van der Waals surface area (Å²) in [5, 5.41) is 3.48. The van der Waals surface area contributed by atoms with Gasteiger partial charge in [0.15, 0.2) is 0 Å². The molecule has 34 heavy (non-hydrogen) atoms. The second-order valence-corrected chi connectivity index (χ2v) is 10.9. The molecule has 2 aromatic carbocycles. The first-order valence-corrected chi connectivity index (χ1v) is 13.2. The van der Waals surface area contributed by atoms with Crippen molar-refractivity contribution in [3.05, 3.63) is 65.2 Å². The van der Waals surface area contributed by atoms with Gasteiger partial charge in [0, 0.05) is 37.6 Å². The fourth-order valence-electron chi connectivity index (χ4n) is 3.37. The number of rotatable bonds is 12.